The van der Waals surface area contributed by atoms with E-state index in [0.29, 0.717) is 35.7 Å². The van der Waals surface area contributed by atoms with E-state index in [0.717, 1.165) is 31.7 Å². The molecule has 0 heterocycles. The highest BCUT2D eigenvalue weighted by Gasteiger charge is 2.42. The molecule has 3 aliphatic carbocycles. The Labute approximate surface area is 180 Å². The molecule has 3 aliphatic rings. The van der Waals surface area contributed by atoms with Gasteiger partial charge < -0.3 is 5.11 Å². The van der Waals surface area contributed by atoms with E-state index in [4.69, 9.17) is 5.11 Å². The Hall–Kier alpha value is -1.25. The summed E-state index contributed by atoms with van der Waals surface area (Å²) < 4.78 is 42.6. The molecule has 0 aliphatic heterocycles. The van der Waals surface area contributed by atoms with Gasteiger partial charge in [-0.05, 0) is 80.4 Å². The second-order valence-electron chi connectivity index (χ2n) is 8.06. The molecule has 160 valence electrons. The molecule has 2 bridgehead atoms. The van der Waals surface area contributed by atoms with Gasteiger partial charge in [-0.1, -0.05) is 28.1 Å². The topological polar surface area (TPSA) is 83.5 Å². The lowest BCUT2D eigenvalue weighted by atomic mass is 9.58. The molecular weight excluding hydrogens is 461 g/mol. The fourth-order valence-corrected chi connectivity index (χ4v) is 6.29. The van der Waals surface area contributed by atoms with Crippen LogP contribution in [0.15, 0.2) is 39.7 Å². The number of carboxylic acids is 1. The summed E-state index contributed by atoms with van der Waals surface area (Å²) >= 11 is 3.14. The number of carboxylic acid groups (broad SMARTS) is 1. The van der Waals surface area contributed by atoms with Crippen molar-refractivity contribution in [1.82, 2.24) is 4.72 Å². The molecule has 0 amide bonds. The third-order valence-electron chi connectivity index (χ3n) is 6.27. The van der Waals surface area contributed by atoms with E-state index < -0.39 is 21.8 Å². The second-order valence-corrected chi connectivity index (χ2v) is 10.7. The van der Waals surface area contributed by atoms with Crippen LogP contribution in [0.2, 0.25) is 0 Å². The van der Waals surface area contributed by atoms with Crippen molar-refractivity contribution in [3.8, 4) is 0 Å². The van der Waals surface area contributed by atoms with Crippen LogP contribution in [-0.2, 0) is 14.8 Å². The first-order valence-electron chi connectivity index (χ1n) is 10.1. The maximum absolute atomic E-state index is 14.1. The van der Waals surface area contributed by atoms with Crippen LogP contribution < -0.4 is 4.72 Å². The van der Waals surface area contributed by atoms with E-state index in [1.165, 1.54) is 12.1 Å². The molecule has 0 spiro atoms. The molecule has 2 unspecified atom stereocenters. The number of sulfonamides is 1. The van der Waals surface area contributed by atoms with Crippen molar-refractivity contribution in [1.29, 1.82) is 0 Å². The van der Waals surface area contributed by atoms with Crippen LogP contribution in [0, 0.1) is 29.5 Å². The zero-order valence-corrected chi connectivity index (χ0v) is 18.6. The van der Waals surface area contributed by atoms with Gasteiger partial charge in [0.1, 0.15) is 10.7 Å². The van der Waals surface area contributed by atoms with E-state index in [1.807, 2.05) is 6.08 Å². The minimum Gasteiger partial charge on any atom is -0.481 e. The molecule has 29 heavy (non-hydrogen) atoms. The predicted molar refractivity (Wildman–Crippen MR) is 112 cm³/mol. The molecule has 2 N–H and O–H groups in total. The first-order valence-corrected chi connectivity index (χ1v) is 12.4. The van der Waals surface area contributed by atoms with E-state index in [2.05, 4.69) is 26.7 Å². The van der Waals surface area contributed by atoms with Crippen molar-refractivity contribution in [3.63, 3.8) is 0 Å². The Morgan fingerprint density at radius 3 is 2.59 bits per heavy atom. The fourth-order valence-electron chi connectivity index (χ4n) is 4.83. The summed E-state index contributed by atoms with van der Waals surface area (Å²) in [6.07, 6.45) is 10.2. The molecule has 1 aromatic rings. The lowest BCUT2D eigenvalue weighted by Crippen LogP contribution is -2.45. The number of halogens is 2. The van der Waals surface area contributed by atoms with Crippen molar-refractivity contribution >= 4 is 31.9 Å². The van der Waals surface area contributed by atoms with Gasteiger partial charge in [-0.2, -0.15) is 0 Å². The van der Waals surface area contributed by atoms with Crippen LogP contribution in [0.25, 0.3) is 0 Å². The lowest BCUT2D eigenvalue weighted by molar-refractivity contribution is -0.137. The minimum atomic E-state index is -3.92. The number of hydrogen-bond donors (Lipinski definition) is 2. The molecule has 1 aromatic carbocycles. The van der Waals surface area contributed by atoms with Crippen molar-refractivity contribution in [3.05, 3.63) is 40.6 Å². The fraction of sp³-hybridized carbons (Fsp3) is 0.571. The monoisotopic (exact) mass is 487 g/mol. The molecule has 0 radical (unpaired) electrons. The van der Waals surface area contributed by atoms with Crippen molar-refractivity contribution in [2.24, 2.45) is 23.7 Å². The Morgan fingerprint density at radius 1 is 1.24 bits per heavy atom. The molecule has 8 heteroatoms. The Kier molecular flexibility index (Phi) is 7.51. The molecule has 3 saturated carbocycles. The third-order valence-corrected chi connectivity index (χ3v) is 8.22. The number of aliphatic carboxylic acids is 1. The van der Waals surface area contributed by atoms with E-state index in [1.54, 1.807) is 0 Å². The van der Waals surface area contributed by atoms with Gasteiger partial charge in [-0.3, -0.25) is 4.79 Å². The summed E-state index contributed by atoms with van der Waals surface area (Å²) in [7, 11) is -3.92. The number of unbranched alkanes of at least 4 members (excludes halogenated alkanes) is 1. The highest BCUT2D eigenvalue weighted by molar-refractivity contribution is 9.10. The smallest absolute Gasteiger partial charge is 0.303 e. The lowest BCUT2D eigenvalue weighted by Gasteiger charge is -2.48. The molecule has 3 fully saturated rings. The third kappa shape index (κ3) is 5.67. The van der Waals surface area contributed by atoms with Crippen LogP contribution in [-0.4, -0.2) is 26.0 Å². The van der Waals surface area contributed by atoms with Gasteiger partial charge in [0.2, 0.25) is 10.0 Å². The SMILES string of the molecule is O=C(O)CCC/C=C\C1C2CCC(CC2)C1CNS(=O)(=O)c1ccc(Br)cc1F. The number of hydrogen-bond acceptors (Lipinski definition) is 3. The Balaban J connectivity index is 1.66. The maximum atomic E-state index is 14.1. The van der Waals surface area contributed by atoms with Crippen LogP contribution in [0.5, 0.6) is 0 Å². The van der Waals surface area contributed by atoms with E-state index in [9.17, 15) is 17.6 Å². The van der Waals surface area contributed by atoms with Crippen LogP contribution in [0.1, 0.15) is 44.9 Å². The predicted octanol–water partition coefficient (Wildman–Crippen LogP) is 4.73. The number of benzene rings is 1. The van der Waals surface area contributed by atoms with Crippen LogP contribution in [0.4, 0.5) is 4.39 Å². The van der Waals surface area contributed by atoms with Crippen molar-refractivity contribution in [2.45, 2.75) is 49.8 Å². The van der Waals surface area contributed by atoms with Crippen molar-refractivity contribution in [2.75, 3.05) is 6.54 Å². The summed E-state index contributed by atoms with van der Waals surface area (Å²) in [5, 5.41) is 8.75. The highest BCUT2D eigenvalue weighted by atomic mass is 79.9. The second kappa shape index (κ2) is 9.71. The van der Waals surface area contributed by atoms with E-state index >= 15 is 0 Å². The average Bonchev–Trinajstić information content (AvgIpc) is 2.67. The summed E-state index contributed by atoms with van der Waals surface area (Å²) in [4.78, 5) is 10.3. The van der Waals surface area contributed by atoms with Gasteiger partial charge in [0, 0.05) is 17.4 Å². The van der Waals surface area contributed by atoms with Gasteiger partial charge in [0.05, 0.1) is 0 Å². The molecule has 0 saturated heterocycles. The van der Waals surface area contributed by atoms with Gasteiger partial charge in [-0.25, -0.2) is 17.5 Å². The van der Waals surface area contributed by atoms with Crippen LogP contribution in [0.3, 0.4) is 0 Å². The quantitative estimate of drug-likeness (QED) is 0.389. The molecule has 4 rings (SSSR count). The summed E-state index contributed by atoms with van der Waals surface area (Å²) in [5.74, 6) is -0.0911. The van der Waals surface area contributed by atoms with Gasteiger partial charge in [0.15, 0.2) is 0 Å². The molecular formula is C21H27BrFNO4S. The first-order chi connectivity index (χ1) is 13.8. The zero-order valence-electron chi connectivity index (χ0n) is 16.2. The number of fused-ring (bicyclic) bond motifs is 3. The summed E-state index contributed by atoms with van der Waals surface area (Å²) in [6, 6.07) is 3.94. The maximum Gasteiger partial charge on any atom is 0.303 e. The molecule has 0 aromatic heterocycles. The largest absolute Gasteiger partial charge is 0.481 e. The number of rotatable bonds is 9. The van der Waals surface area contributed by atoms with Gasteiger partial charge >= 0.3 is 5.97 Å². The number of allylic oxidation sites excluding steroid dienone is 2. The molecule has 5 nitrogen and oxygen atoms in total. The minimum absolute atomic E-state index is 0.156. The Morgan fingerprint density at radius 2 is 1.93 bits per heavy atom. The first kappa shape index (κ1) is 22.4. The van der Waals surface area contributed by atoms with Gasteiger partial charge in [-0.15, -0.1) is 0 Å². The number of carbonyl (C=O) groups is 1. The normalized spacial score (nSPS) is 26.8. The van der Waals surface area contributed by atoms with Crippen molar-refractivity contribution < 1.29 is 22.7 Å². The molecule has 2 atom stereocenters. The highest BCUT2D eigenvalue weighted by Crippen LogP contribution is 2.49. The average molecular weight is 488 g/mol. The standard InChI is InChI=1S/C21H27BrFNO4S/c22-16-10-11-20(19(23)12-16)29(27,28)24-13-18-15-8-6-14(7-9-15)17(18)4-2-1-3-5-21(25)26/h2,4,10-12,14-15,17-18,24H,1,3,5-9,13H2,(H,25,26)/b4-2-. The van der Waals surface area contributed by atoms with Crippen LogP contribution >= 0.6 is 15.9 Å². The van der Waals surface area contributed by atoms with E-state index in [-0.39, 0.29) is 23.2 Å². The summed E-state index contributed by atoms with van der Waals surface area (Å²) in [5.41, 5.74) is 0. The zero-order chi connectivity index (χ0) is 21.0. The summed E-state index contributed by atoms with van der Waals surface area (Å²) in [6.45, 7) is 0.295. The Bertz CT molecular complexity index is 865. The number of nitrogens with one attached hydrogen (secondary N) is 1. The van der Waals surface area contributed by atoms with Gasteiger partial charge in [0.25, 0.3) is 0 Å².